The van der Waals surface area contributed by atoms with Gasteiger partial charge in [-0.05, 0) is 17.7 Å². The zero-order valence-electron chi connectivity index (χ0n) is 12.6. The van der Waals surface area contributed by atoms with Crippen LogP contribution < -0.4 is 10.1 Å². The standard InChI is InChI=1S/C18H22N2O/c1-15(2)20-13-17-10-11-19-14-18(17)21-12-6-9-16-7-4-3-5-8-16/h3-11,14-15,20H,12-13H2,1-2H3/b9-6+. The lowest BCUT2D eigenvalue weighted by molar-refractivity contribution is 0.356. The number of hydrogen-bond donors (Lipinski definition) is 1. The number of hydrogen-bond acceptors (Lipinski definition) is 3. The molecule has 1 aromatic carbocycles. The third-order valence-electron chi connectivity index (χ3n) is 3.02. The molecule has 0 aliphatic heterocycles. The van der Waals surface area contributed by atoms with E-state index in [1.807, 2.05) is 30.3 Å². The van der Waals surface area contributed by atoms with Crippen molar-refractivity contribution in [2.45, 2.75) is 26.4 Å². The van der Waals surface area contributed by atoms with Crippen LogP contribution in [-0.2, 0) is 6.54 Å². The smallest absolute Gasteiger partial charge is 0.142 e. The van der Waals surface area contributed by atoms with Gasteiger partial charge in [0, 0.05) is 24.3 Å². The molecule has 0 radical (unpaired) electrons. The summed E-state index contributed by atoms with van der Waals surface area (Å²) in [5.41, 5.74) is 2.31. The predicted molar refractivity (Wildman–Crippen MR) is 87.2 cm³/mol. The summed E-state index contributed by atoms with van der Waals surface area (Å²) in [4.78, 5) is 4.13. The monoisotopic (exact) mass is 282 g/mol. The van der Waals surface area contributed by atoms with Gasteiger partial charge < -0.3 is 10.1 Å². The fourth-order valence-electron chi connectivity index (χ4n) is 1.89. The van der Waals surface area contributed by atoms with E-state index in [-0.39, 0.29) is 0 Å². The van der Waals surface area contributed by atoms with Gasteiger partial charge >= 0.3 is 0 Å². The Balaban J connectivity index is 1.89. The molecule has 110 valence electrons. The summed E-state index contributed by atoms with van der Waals surface area (Å²) in [6, 6.07) is 12.6. The molecule has 3 heteroatoms. The highest BCUT2D eigenvalue weighted by Crippen LogP contribution is 2.16. The Labute approximate surface area is 126 Å². The van der Waals surface area contributed by atoms with Crippen molar-refractivity contribution in [2.24, 2.45) is 0 Å². The fraction of sp³-hybridized carbons (Fsp3) is 0.278. The third kappa shape index (κ3) is 5.40. The van der Waals surface area contributed by atoms with Gasteiger partial charge in [-0.25, -0.2) is 0 Å². The lowest BCUT2D eigenvalue weighted by atomic mass is 10.2. The highest BCUT2D eigenvalue weighted by molar-refractivity contribution is 5.48. The zero-order chi connectivity index (χ0) is 14.9. The molecular formula is C18H22N2O. The van der Waals surface area contributed by atoms with Gasteiger partial charge in [0.1, 0.15) is 12.4 Å². The molecule has 0 bridgehead atoms. The lowest BCUT2D eigenvalue weighted by Crippen LogP contribution is -2.22. The van der Waals surface area contributed by atoms with Crippen molar-refractivity contribution in [1.82, 2.24) is 10.3 Å². The van der Waals surface area contributed by atoms with E-state index in [0.717, 1.165) is 17.9 Å². The Morgan fingerprint density at radius 3 is 2.76 bits per heavy atom. The van der Waals surface area contributed by atoms with Gasteiger partial charge in [0.2, 0.25) is 0 Å². The summed E-state index contributed by atoms with van der Waals surface area (Å²) in [6.07, 6.45) is 7.64. The average molecular weight is 282 g/mol. The highest BCUT2D eigenvalue weighted by atomic mass is 16.5. The third-order valence-corrected chi connectivity index (χ3v) is 3.02. The van der Waals surface area contributed by atoms with Gasteiger partial charge in [0.25, 0.3) is 0 Å². The maximum atomic E-state index is 5.80. The largest absolute Gasteiger partial charge is 0.488 e. The van der Waals surface area contributed by atoms with Crippen LogP contribution in [0.4, 0.5) is 0 Å². The van der Waals surface area contributed by atoms with E-state index in [9.17, 15) is 0 Å². The van der Waals surface area contributed by atoms with E-state index in [0.29, 0.717) is 12.6 Å². The van der Waals surface area contributed by atoms with Crippen molar-refractivity contribution in [3.05, 3.63) is 66.0 Å². The first kappa shape index (κ1) is 15.3. The van der Waals surface area contributed by atoms with E-state index < -0.39 is 0 Å². The van der Waals surface area contributed by atoms with Crippen LogP contribution in [0.15, 0.2) is 54.9 Å². The van der Waals surface area contributed by atoms with E-state index in [1.54, 1.807) is 12.4 Å². The van der Waals surface area contributed by atoms with Gasteiger partial charge in [0.05, 0.1) is 6.20 Å². The van der Waals surface area contributed by atoms with Crippen LogP contribution in [-0.4, -0.2) is 17.6 Å². The molecule has 3 nitrogen and oxygen atoms in total. The van der Waals surface area contributed by atoms with Gasteiger partial charge in [-0.2, -0.15) is 0 Å². The second kappa shape index (κ2) is 8.22. The van der Waals surface area contributed by atoms with Crippen LogP contribution in [0.3, 0.4) is 0 Å². The number of pyridine rings is 1. The number of rotatable bonds is 7. The Morgan fingerprint density at radius 1 is 1.19 bits per heavy atom. The molecule has 0 unspecified atom stereocenters. The zero-order valence-corrected chi connectivity index (χ0v) is 12.6. The first-order valence-corrected chi connectivity index (χ1v) is 7.26. The van der Waals surface area contributed by atoms with Crippen LogP contribution in [0.5, 0.6) is 5.75 Å². The van der Waals surface area contributed by atoms with Crippen LogP contribution in [0.1, 0.15) is 25.0 Å². The van der Waals surface area contributed by atoms with Gasteiger partial charge in [-0.1, -0.05) is 50.3 Å². The molecule has 0 aliphatic carbocycles. The SMILES string of the molecule is CC(C)NCc1ccncc1OC/C=C/c1ccccc1. The average Bonchev–Trinajstić information content (AvgIpc) is 2.51. The van der Waals surface area contributed by atoms with Gasteiger partial charge in [-0.15, -0.1) is 0 Å². The van der Waals surface area contributed by atoms with Gasteiger partial charge in [0.15, 0.2) is 0 Å². The van der Waals surface area contributed by atoms with Crippen molar-refractivity contribution in [2.75, 3.05) is 6.61 Å². The Hall–Kier alpha value is -2.13. The second-order valence-electron chi connectivity index (χ2n) is 5.14. The van der Waals surface area contributed by atoms with E-state index in [4.69, 9.17) is 4.74 Å². The molecule has 1 heterocycles. The first-order valence-electron chi connectivity index (χ1n) is 7.26. The molecule has 0 spiro atoms. The van der Waals surface area contributed by atoms with Crippen LogP contribution in [0.2, 0.25) is 0 Å². The molecule has 0 aliphatic rings. The quantitative estimate of drug-likeness (QED) is 0.841. The second-order valence-corrected chi connectivity index (χ2v) is 5.14. The summed E-state index contributed by atoms with van der Waals surface area (Å²) in [5.74, 6) is 0.836. The van der Waals surface area contributed by atoms with Crippen molar-refractivity contribution in [1.29, 1.82) is 0 Å². The minimum atomic E-state index is 0.448. The molecule has 2 rings (SSSR count). The van der Waals surface area contributed by atoms with Crippen molar-refractivity contribution in [3.8, 4) is 5.75 Å². The molecule has 21 heavy (non-hydrogen) atoms. The molecular weight excluding hydrogens is 260 g/mol. The number of aromatic nitrogens is 1. The number of nitrogens with one attached hydrogen (secondary N) is 1. The molecule has 2 aromatic rings. The first-order chi connectivity index (χ1) is 10.3. The molecule has 0 atom stereocenters. The summed E-state index contributed by atoms with van der Waals surface area (Å²) in [6.45, 7) is 5.59. The van der Waals surface area contributed by atoms with Gasteiger partial charge in [-0.3, -0.25) is 4.98 Å². The number of ether oxygens (including phenoxy) is 1. The van der Waals surface area contributed by atoms with Crippen LogP contribution in [0, 0.1) is 0 Å². The summed E-state index contributed by atoms with van der Waals surface area (Å²) < 4.78 is 5.80. The Morgan fingerprint density at radius 2 is 2.00 bits per heavy atom. The van der Waals surface area contributed by atoms with Crippen molar-refractivity contribution in [3.63, 3.8) is 0 Å². The van der Waals surface area contributed by atoms with E-state index in [1.165, 1.54) is 5.56 Å². The van der Waals surface area contributed by atoms with E-state index >= 15 is 0 Å². The summed E-state index contributed by atoms with van der Waals surface area (Å²) in [5, 5.41) is 3.39. The van der Waals surface area contributed by atoms with Crippen LogP contribution in [0.25, 0.3) is 6.08 Å². The maximum absolute atomic E-state index is 5.80. The molecule has 0 amide bonds. The number of benzene rings is 1. The Bertz CT molecular complexity index is 564. The molecule has 0 fully saturated rings. The molecule has 1 N–H and O–H groups in total. The normalized spacial score (nSPS) is 11.2. The minimum Gasteiger partial charge on any atom is -0.488 e. The van der Waals surface area contributed by atoms with Crippen molar-refractivity contribution >= 4 is 6.08 Å². The molecule has 1 aromatic heterocycles. The highest BCUT2D eigenvalue weighted by Gasteiger charge is 2.03. The minimum absolute atomic E-state index is 0.448. The summed E-state index contributed by atoms with van der Waals surface area (Å²) in [7, 11) is 0. The van der Waals surface area contributed by atoms with E-state index in [2.05, 4.69) is 42.4 Å². The fourth-order valence-corrected chi connectivity index (χ4v) is 1.89. The lowest BCUT2D eigenvalue weighted by Gasteiger charge is -2.12. The molecule has 0 saturated heterocycles. The molecule has 0 saturated carbocycles. The van der Waals surface area contributed by atoms with Crippen LogP contribution >= 0.6 is 0 Å². The Kier molecular flexibility index (Phi) is 5.98. The maximum Gasteiger partial charge on any atom is 0.142 e. The van der Waals surface area contributed by atoms with Crippen molar-refractivity contribution < 1.29 is 4.74 Å². The predicted octanol–water partition coefficient (Wildman–Crippen LogP) is 3.67. The number of nitrogens with zero attached hydrogens (tertiary/aromatic N) is 1. The topological polar surface area (TPSA) is 34.2 Å². The summed E-state index contributed by atoms with van der Waals surface area (Å²) >= 11 is 0.